The van der Waals surface area contributed by atoms with Crippen LogP contribution >= 0.6 is 11.3 Å². The third kappa shape index (κ3) is 4.22. The number of methoxy groups -OCH3 is 1. The molecule has 0 aliphatic carbocycles. The van der Waals surface area contributed by atoms with Crippen LogP contribution in [0.15, 0.2) is 35.2 Å². The lowest BCUT2D eigenvalue weighted by Gasteiger charge is -2.14. The average Bonchev–Trinajstić information content (AvgIpc) is 2.95. The lowest BCUT2D eigenvalue weighted by molar-refractivity contribution is 0.144. The zero-order valence-electron chi connectivity index (χ0n) is 11.1. The van der Waals surface area contributed by atoms with E-state index in [9.17, 15) is 0 Å². The van der Waals surface area contributed by atoms with Gasteiger partial charge in [0.15, 0.2) is 0 Å². The summed E-state index contributed by atoms with van der Waals surface area (Å²) in [4.78, 5) is 4.25. The van der Waals surface area contributed by atoms with Crippen LogP contribution in [0.5, 0.6) is 5.88 Å². The highest BCUT2D eigenvalue weighted by Crippen LogP contribution is 2.21. The molecule has 2 heterocycles. The molecular weight excluding hydrogens is 260 g/mol. The van der Waals surface area contributed by atoms with E-state index in [-0.39, 0.29) is 6.04 Å². The smallest absolute Gasteiger partial charge is 0.213 e. The van der Waals surface area contributed by atoms with Gasteiger partial charge in [0, 0.05) is 19.2 Å². The van der Waals surface area contributed by atoms with E-state index in [1.807, 2.05) is 12.1 Å². The first-order valence-corrected chi connectivity index (χ1v) is 7.10. The normalized spacial score (nSPS) is 12.1. The average molecular weight is 278 g/mol. The summed E-state index contributed by atoms with van der Waals surface area (Å²) in [6, 6.07) is 6.22. The number of hydrogen-bond donors (Lipinski definition) is 1. The van der Waals surface area contributed by atoms with Gasteiger partial charge in [0.1, 0.15) is 6.61 Å². The zero-order valence-corrected chi connectivity index (χ0v) is 11.9. The van der Waals surface area contributed by atoms with Crippen LogP contribution < -0.4 is 10.1 Å². The second-order valence-corrected chi connectivity index (χ2v) is 4.93. The summed E-state index contributed by atoms with van der Waals surface area (Å²) in [5.41, 5.74) is 2.27. The summed E-state index contributed by atoms with van der Waals surface area (Å²) in [7, 11) is 1.65. The van der Waals surface area contributed by atoms with Gasteiger partial charge in [0.25, 0.3) is 0 Å². The summed E-state index contributed by atoms with van der Waals surface area (Å²) < 4.78 is 10.3. The standard InChI is InChI=1S/C14H18N2O2S/c1-11(12-5-8-19-10-12)16-13-3-4-14(15-9-13)18-7-6-17-2/h3-5,8-11,16H,6-7H2,1-2H3. The first-order chi connectivity index (χ1) is 9.29. The number of aromatic nitrogens is 1. The van der Waals surface area contributed by atoms with Gasteiger partial charge in [-0.15, -0.1) is 0 Å². The number of nitrogens with one attached hydrogen (secondary N) is 1. The van der Waals surface area contributed by atoms with E-state index in [1.54, 1.807) is 24.6 Å². The number of rotatable bonds is 7. The Bertz CT molecular complexity index is 471. The van der Waals surface area contributed by atoms with Crippen LogP contribution in [-0.2, 0) is 4.74 Å². The van der Waals surface area contributed by atoms with Crippen LogP contribution in [0, 0.1) is 0 Å². The van der Waals surface area contributed by atoms with Crippen LogP contribution in [0.3, 0.4) is 0 Å². The van der Waals surface area contributed by atoms with E-state index < -0.39 is 0 Å². The van der Waals surface area contributed by atoms with Crippen molar-refractivity contribution in [1.29, 1.82) is 0 Å². The molecule has 0 spiro atoms. The van der Waals surface area contributed by atoms with Crippen LogP contribution in [0.2, 0.25) is 0 Å². The molecule has 2 aromatic heterocycles. The Labute approximate surface area is 117 Å². The molecule has 5 heteroatoms. The Morgan fingerprint density at radius 2 is 2.21 bits per heavy atom. The van der Waals surface area contributed by atoms with Gasteiger partial charge in [-0.3, -0.25) is 0 Å². The predicted octanol–water partition coefficient (Wildman–Crippen LogP) is 3.34. The number of hydrogen-bond acceptors (Lipinski definition) is 5. The van der Waals surface area contributed by atoms with E-state index in [0.717, 1.165) is 5.69 Å². The molecule has 0 fully saturated rings. The van der Waals surface area contributed by atoms with Crippen molar-refractivity contribution in [3.63, 3.8) is 0 Å². The fraction of sp³-hybridized carbons (Fsp3) is 0.357. The van der Waals surface area contributed by atoms with Crippen molar-refractivity contribution in [3.8, 4) is 5.88 Å². The molecule has 0 saturated carbocycles. The Hall–Kier alpha value is -1.59. The highest BCUT2D eigenvalue weighted by molar-refractivity contribution is 7.07. The molecule has 0 bridgehead atoms. The van der Waals surface area contributed by atoms with Crippen LogP contribution in [0.25, 0.3) is 0 Å². The minimum Gasteiger partial charge on any atom is -0.475 e. The van der Waals surface area contributed by atoms with Crippen molar-refractivity contribution < 1.29 is 9.47 Å². The minimum absolute atomic E-state index is 0.272. The molecule has 102 valence electrons. The van der Waals surface area contributed by atoms with E-state index >= 15 is 0 Å². The van der Waals surface area contributed by atoms with Crippen molar-refractivity contribution in [3.05, 3.63) is 40.7 Å². The Kier molecular flexibility index (Phi) is 5.18. The number of nitrogens with zero attached hydrogens (tertiary/aromatic N) is 1. The molecule has 0 saturated heterocycles. The molecule has 0 aliphatic rings. The number of thiophene rings is 1. The van der Waals surface area contributed by atoms with Crippen molar-refractivity contribution >= 4 is 17.0 Å². The van der Waals surface area contributed by atoms with E-state index in [2.05, 4.69) is 34.1 Å². The molecule has 1 unspecified atom stereocenters. The second-order valence-electron chi connectivity index (χ2n) is 4.15. The molecule has 0 radical (unpaired) electrons. The Morgan fingerprint density at radius 1 is 1.32 bits per heavy atom. The van der Waals surface area contributed by atoms with Crippen LogP contribution in [0.1, 0.15) is 18.5 Å². The summed E-state index contributed by atoms with van der Waals surface area (Å²) in [5.74, 6) is 0.616. The summed E-state index contributed by atoms with van der Waals surface area (Å²) >= 11 is 1.70. The number of anilines is 1. The second kappa shape index (κ2) is 7.11. The first kappa shape index (κ1) is 13.8. The van der Waals surface area contributed by atoms with Crippen molar-refractivity contribution in [2.24, 2.45) is 0 Å². The zero-order chi connectivity index (χ0) is 13.5. The minimum atomic E-state index is 0.272. The van der Waals surface area contributed by atoms with Gasteiger partial charge >= 0.3 is 0 Å². The SMILES string of the molecule is COCCOc1ccc(NC(C)c2ccsc2)cn1. The van der Waals surface area contributed by atoms with E-state index in [4.69, 9.17) is 9.47 Å². The number of pyridine rings is 1. The molecule has 1 N–H and O–H groups in total. The predicted molar refractivity (Wildman–Crippen MR) is 78.0 cm³/mol. The number of ether oxygens (including phenoxy) is 2. The maximum atomic E-state index is 5.42. The fourth-order valence-corrected chi connectivity index (χ4v) is 2.39. The van der Waals surface area contributed by atoms with Gasteiger partial charge in [0.2, 0.25) is 5.88 Å². The fourth-order valence-electron chi connectivity index (χ4n) is 1.64. The summed E-state index contributed by atoms with van der Waals surface area (Å²) in [5, 5.41) is 7.63. The van der Waals surface area contributed by atoms with E-state index in [1.165, 1.54) is 5.56 Å². The molecule has 2 aromatic rings. The lowest BCUT2D eigenvalue weighted by Crippen LogP contribution is -2.07. The topological polar surface area (TPSA) is 43.4 Å². The maximum absolute atomic E-state index is 5.42. The highest BCUT2D eigenvalue weighted by atomic mass is 32.1. The molecule has 19 heavy (non-hydrogen) atoms. The van der Waals surface area contributed by atoms with Gasteiger partial charge < -0.3 is 14.8 Å². The van der Waals surface area contributed by atoms with Crippen molar-refractivity contribution in [1.82, 2.24) is 4.98 Å². The van der Waals surface area contributed by atoms with Crippen molar-refractivity contribution in [2.75, 3.05) is 25.6 Å². The van der Waals surface area contributed by atoms with Gasteiger partial charge in [-0.05, 0) is 35.4 Å². The lowest BCUT2D eigenvalue weighted by atomic mass is 10.2. The largest absolute Gasteiger partial charge is 0.475 e. The first-order valence-electron chi connectivity index (χ1n) is 6.16. The highest BCUT2D eigenvalue weighted by Gasteiger charge is 2.05. The molecule has 0 amide bonds. The molecule has 0 aliphatic heterocycles. The molecule has 4 nitrogen and oxygen atoms in total. The van der Waals surface area contributed by atoms with Crippen LogP contribution in [0.4, 0.5) is 5.69 Å². The van der Waals surface area contributed by atoms with E-state index in [0.29, 0.717) is 19.1 Å². The molecule has 2 rings (SSSR count). The molecule has 0 aromatic carbocycles. The maximum Gasteiger partial charge on any atom is 0.213 e. The van der Waals surface area contributed by atoms with Gasteiger partial charge in [0.05, 0.1) is 18.5 Å². The summed E-state index contributed by atoms with van der Waals surface area (Å²) in [6.45, 7) is 3.21. The van der Waals surface area contributed by atoms with Crippen LogP contribution in [-0.4, -0.2) is 25.3 Å². The monoisotopic (exact) mass is 278 g/mol. The summed E-state index contributed by atoms with van der Waals surface area (Å²) in [6.07, 6.45) is 1.78. The third-order valence-corrected chi connectivity index (χ3v) is 3.40. The van der Waals surface area contributed by atoms with Crippen molar-refractivity contribution in [2.45, 2.75) is 13.0 Å². The van der Waals surface area contributed by atoms with Gasteiger partial charge in [-0.2, -0.15) is 11.3 Å². The molecular formula is C14H18N2O2S. The molecule has 1 atom stereocenters. The van der Waals surface area contributed by atoms with Gasteiger partial charge in [-0.25, -0.2) is 4.98 Å². The van der Waals surface area contributed by atoms with Gasteiger partial charge in [-0.1, -0.05) is 0 Å². The third-order valence-electron chi connectivity index (χ3n) is 2.70. The Balaban J connectivity index is 1.88. The quantitative estimate of drug-likeness (QED) is 0.789. The Morgan fingerprint density at radius 3 is 2.84 bits per heavy atom.